The van der Waals surface area contributed by atoms with Crippen LogP contribution >= 0.6 is 0 Å². The Morgan fingerprint density at radius 2 is 2.06 bits per heavy atom. The van der Waals surface area contributed by atoms with Gasteiger partial charge in [0.2, 0.25) is 0 Å². The van der Waals surface area contributed by atoms with Gasteiger partial charge in [0.15, 0.2) is 0 Å². The molecule has 0 aromatic heterocycles. The van der Waals surface area contributed by atoms with Crippen molar-refractivity contribution in [2.75, 3.05) is 19.6 Å². The predicted molar refractivity (Wildman–Crippen MR) is 73.1 cm³/mol. The molecule has 17 heavy (non-hydrogen) atoms. The van der Waals surface area contributed by atoms with Crippen molar-refractivity contribution in [2.45, 2.75) is 32.2 Å². The summed E-state index contributed by atoms with van der Waals surface area (Å²) in [5, 5.41) is 0. The van der Waals surface area contributed by atoms with Gasteiger partial charge in [-0.3, -0.25) is 4.90 Å². The summed E-state index contributed by atoms with van der Waals surface area (Å²) in [6.45, 7) is 7.81. The summed E-state index contributed by atoms with van der Waals surface area (Å²) >= 11 is 0. The molecule has 1 fully saturated rings. The molecule has 0 aliphatic carbocycles. The fourth-order valence-electron chi connectivity index (χ4n) is 2.88. The third kappa shape index (κ3) is 3.08. The third-order valence-corrected chi connectivity index (χ3v) is 4.00. The Hall–Kier alpha value is -0.860. The number of nitrogens with two attached hydrogens (primary N) is 1. The van der Waals surface area contributed by atoms with Gasteiger partial charge in [0, 0.05) is 19.1 Å². The van der Waals surface area contributed by atoms with E-state index in [9.17, 15) is 0 Å². The van der Waals surface area contributed by atoms with E-state index >= 15 is 0 Å². The molecule has 1 heterocycles. The van der Waals surface area contributed by atoms with Gasteiger partial charge in [0.25, 0.3) is 0 Å². The number of hydrogen-bond donors (Lipinski definition) is 1. The minimum atomic E-state index is 0.607. The van der Waals surface area contributed by atoms with Gasteiger partial charge in [0.05, 0.1) is 0 Å². The van der Waals surface area contributed by atoms with E-state index < -0.39 is 0 Å². The highest BCUT2D eigenvalue weighted by molar-refractivity contribution is 5.19. The first kappa shape index (κ1) is 12.6. The second kappa shape index (κ2) is 5.65. The maximum absolute atomic E-state index is 5.77. The van der Waals surface area contributed by atoms with Crippen LogP contribution in [0.5, 0.6) is 0 Å². The van der Waals surface area contributed by atoms with Gasteiger partial charge in [-0.05, 0) is 37.3 Å². The highest BCUT2D eigenvalue weighted by Gasteiger charge is 2.28. The SMILES string of the molecule is CC(CN1CC(CN)CC1C)c1ccccc1. The molecule has 1 aliphatic rings. The van der Waals surface area contributed by atoms with Gasteiger partial charge in [-0.25, -0.2) is 0 Å². The van der Waals surface area contributed by atoms with E-state index in [0.717, 1.165) is 13.1 Å². The van der Waals surface area contributed by atoms with Gasteiger partial charge in [-0.1, -0.05) is 37.3 Å². The number of rotatable bonds is 4. The summed E-state index contributed by atoms with van der Waals surface area (Å²) in [6, 6.07) is 11.5. The van der Waals surface area contributed by atoms with E-state index in [2.05, 4.69) is 49.1 Å². The van der Waals surface area contributed by atoms with Crippen LogP contribution in [0.4, 0.5) is 0 Å². The number of nitrogens with zero attached hydrogens (tertiary/aromatic N) is 1. The summed E-state index contributed by atoms with van der Waals surface area (Å²) < 4.78 is 0. The first-order valence-corrected chi connectivity index (χ1v) is 6.69. The average Bonchev–Trinajstić information content (AvgIpc) is 2.71. The van der Waals surface area contributed by atoms with Crippen molar-refractivity contribution >= 4 is 0 Å². The minimum Gasteiger partial charge on any atom is -0.330 e. The topological polar surface area (TPSA) is 29.3 Å². The lowest BCUT2D eigenvalue weighted by Crippen LogP contribution is -2.31. The van der Waals surface area contributed by atoms with Crippen molar-refractivity contribution in [1.29, 1.82) is 0 Å². The van der Waals surface area contributed by atoms with Crippen LogP contribution < -0.4 is 5.73 Å². The van der Waals surface area contributed by atoms with Crippen molar-refractivity contribution in [3.63, 3.8) is 0 Å². The summed E-state index contributed by atoms with van der Waals surface area (Å²) in [7, 11) is 0. The molecule has 2 heteroatoms. The summed E-state index contributed by atoms with van der Waals surface area (Å²) in [5.41, 5.74) is 7.21. The summed E-state index contributed by atoms with van der Waals surface area (Å²) in [5.74, 6) is 1.31. The maximum Gasteiger partial charge on any atom is 0.00708 e. The lowest BCUT2D eigenvalue weighted by molar-refractivity contribution is 0.251. The molecule has 0 saturated carbocycles. The number of likely N-dealkylation sites (tertiary alicyclic amines) is 1. The standard InChI is InChI=1S/C15H24N2/c1-12(15-6-4-3-5-7-15)10-17-11-14(9-16)8-13(17)2/h3-7,12-14H,8-11,16H2,1-2H3. The van der Waals surface area contributed by atoms with E-state index in [1.165, 1.54) is 18.5 Å². The van der Waals surface area contributed by atoms with Crippen molar-refractivity contribution in [3.8, 4) is 0 Å². The zero-order valence-corrected chi connectivity index (χ0v) is 11.0. The van der Waals surface area contributed by atoms with Crippen LogP contribution in [0.25, 0.3) is 0 Å². The zero-order valence-electron chi connectivity index (χ0n) is 11.0. The molecule has 3 atom stereocenters. The van der Waals surface area contributed by atoms with Gasteiger partial charge >= 0.3 is 0 Å². The maximum atomic E-state index is 5.77. The molecule has 0 bridgehead atoms. The molecule has 3 unspecified atom stereocenters. The molecular weight excluding hydrogens is 208 g/mol. The van der Waals surface area contributed by atoms with Crippen molar-refractivity contribution in [2.24, 2.45) is 11.7 Å². The monoisotopic (exact) mass is 232 g/mol. The lowest BCUT2D eigenvalue weighted by atomic mass is 10.0. The molecule has 1 aliphatic heterocycles. The highest BCUT2D eigenvalue weighted by atomic mass is 15.2. The van der Waals surface area contributed by atoms with Gasteiger partial charge in [-0.2, -0.15) is 0 Å². The minimum absolute atomic E-state index is 0.607. The second-order valence-electron chi connectivity index (χ2n) is 5.45. The first-order chi connectivity index (χ1) is 8.20. The van der Waals surface area contributed by atoms with E-state index in [4.69, 9.17) is 5.73 Å². The van der Waals surface area contributed by atoms with Gasteiger partial charge < -0.3 is 5.73 Å². The van der Waals surface area contributed by atoms with Crippen molar-refractivity contribution < 1.29 is 0 Å². The Morgan fingerprint density at radius 1 is 1.35 bits per heavy atom. The second-order valence-corrected chi connectivity index (χ2v) is 5.45. The molecule has 2 rings (SSSR count). The first-order valence-electron chi connectivity index (χ1n) is 6.69. The largest absolute Gasteiger partial charge is 0.330 e. The van der Waals surface area contributed by atoms with Crippen LogP contribution in [-0.2, 0) is 0 Å². The van der Waals surface area contributed by atoms with E-state index in [1.807, 2.05) is 0 Å². The molecular formula is C15H24N2. The number of benzene rings is 1. The van der Waals surface area contributed by atoms with Crippen LogP contribution in [-0.4, -0.2) is 30.6 Å². The molecule has 2 N–H and O–H groups in total. The van der Waals surface area contributed by atoms with Crippen molar-refractivity contribution in [1.82, 2.24) is 4.90 Å². The predicted octanol–water partition coefficient (Wildman–Crippen LogP) is 2.46. The average molecular weight is 232 g/mol. The summed E-state index contributed by atoms with van der Waals surface area (Å²) in [4.78, 5) is 2.59. The van der Waals surface area contributed by atoms with Crippen LogP contribution in [0.2, 0.25) is 0 Å². The highest BCUT2D eigenvalue weighted by Crippen LogP contribution is 2.25. The molecule has 0 amide bonds. The van der Waals surface area contributed by atoms with E-state index in [1.54, 1.807) is 0 Å². The van der Waals surface area contributed by atoms with Crippen molar-refractivity contribution in [3.05, 3.63) is 35.9 Å². The van der Waals surface area contributed by atoms with Crippen LogP contribution in [0, 0.1) is 5.92 Å². The van der Waals surface area contributed by atoms with Gasteiger partial charge in [-0.15, -0.1) is 0 Å². The molecule has 1 saturated heterocycles. The molecule has 1 aromatic rings. The third-order valence-electron chi connectivity index (χ3n) is 4.00. The zero-order chi connectivity index (χ0) is 12.3. The summed E-state index contributed by atoms with van der Waals surface area (Å²) in [6.07, 6.45) is 1.26. The van der Waals surface area contributed by atoms with Gasteiger partial charge in [0.1, 0.15) is 0 Å². The molecule has 0 spiro atoms. The fraction of sp³-hybridized carbons (Fsp3) is 0.600. The molecule has 2 nitrogen and oxygen atoms in total. The Bertz CT molecular complexity index is 336. The Morgan fingerprint density at radius 3 is 2.65 bits per heavy atom. The molecule has 94 valence electrons. The Balaban J connectivity index is 1.93. The van der Waals surface area contributed by atoms with Crippen LogP contribution in [0.15, 0.2) is 30.3 Å². The van der Waals surface area contributed by atoms with Crippen LogP contribution in [0.3, 0.4) is 0 Å². The van der Waals surface area contributed by atoms with E-state index in [0.29, 0.717) is 17.9 Å². The Kier molecular flexibility index (Phi) is 4.19. The van der Waals surface area contributed by atoms with E-state index in [-0.39, 0.29) is 0 Å². The van der Waals surface area contributed by atoms with Crippen LogP contribution in [0.1, 0.15) is 31.7 Å². The smallest absolute Gasteiger partial charge is 0.00708 e. The fourth-order valence-corrected chi connectivity index (χ4v) is 2.88. The molecule has 1 aromatic carbocycles. The normalized spacial score (nSPS) is 27.2. The molecule has 0 radical (unpaired) electrons. The lowest BCUT2D eigenvalue weighted by Gasteiger charge is -2.25. The number of hydrogen-bond acceptors (Lipinski definition) is 2. The Labute approximate surface area is 105 Å². The quantitative estimate of drug-likeness (QED) is 0.864.